The third-order valence-electron chi connectivity index (χ3n) is 2.00. The van der Waals surface area contributed by atoms with Crippen molar-refractivity contribution in [1.29, 1.82) is 0 Å². The summed E-state index contributed by atoms with van der Waals surface area (Å²) in [5.74, 6) is -0.443. The molecule has 0 spiro atoms. The highest BCUT2D eigenvalue weighted by atomic mass is 17.3. The zero-order chi connectivity index (χ0) is 9.59. The average molecular weight is 184 g/mol. The standard InChI is InChI=1S/C8H8O5/c1-3(9)5-6(4(2)10)8-11-7(5)12-13-8/h7-8H,1-2H3. The molecule has 2 aliphatic rings. The summed E-state index contributed by atoms with van der Waals surface area (Å²) in [7, 11) is 0. The topological polar surface area (TPSA) is 61.8 Å². The molecular weight excluding hydrogens is 176 g/mol. The molecule has 2 unspecified atom stereocenters. The molecule has 13 heavy (non-hydrogen) atoms. The molecule has 2 rings (SSSR count). The molecule has 2 atom stereocenters. The van der Waals surface area contributed by atoms with Gasteiger partial charge in [0.2, 0.25) is 12.6 Å². The molecule has 0 radical (unpaired) electrons. The second-order valence-corrected chi connectivity index (χ2v) is 2.93. The molecule has 70 valence electrons. The first-order valence-corrected chi connectivity index (χ1v) is 3.85. The van der Waals surface area contributed by atoms with Crippen molar-refractivity contribution in [2.45, 2.75) is 26.4 Å². The molecule has 2 bridgehead atoms. The maximum Gasteiger partial charge on any atom is 0.224 e. The van der Waals surface area contributed by atoms with Gasteiger partial charge in [-0.3, -0.25) is 9.59 Å². The van der Waals surface area contributed by atoms with E-state index in [1.807, 2.05) is 0 Å². The van der Waals surface area contributed by atoms with Crippen LogP contribution >= 0.6 is 0 Å². The van der Waals surface area contributed by atoms with Crippen LogP contribution in [0.1, 0.15) is 13.8 Å². The molecule has 0 saturated carbocycles. The first kappa shape index (κ1) is 8.55. The van der Waals surface area contributed by atoms with Gasteiger partial charge in [0.25, 0.3) is 0 Å². The Bertz CT molecular complexity index is 286. The van der Waals surface area contributed by atoms with E-state index in [0.29, 0.717) is 0 Å². The second kappa shape index (κ2) is 2.73. The molecule has 1 saturated heterocycles. The van der Waals surface area contributed by atoms with Gasteiger partial charge in [0.15, 0.2) is 11.6 Å². The van der Waals surface area contributed by atoms with Crippen molar-refractivity contribution < 1.29 is 24.1 Å². The largest absolute Gasteiger partial charge is 0.309 e. The normalized spacial score (nSPS) is 31.2. The van der Waals surface area contributed by atoms with Crippen molar-refractivity contribution in [3.63, 3.8) is 0 Å². The number of ether oxygens (including phenoxy) is 1. The van der Waals surface area contributed by atoms with E-state index in [2.05, 4.69) is 9.78 Å². The number of rotatable bonds is 2. The van der Waals surface area contributed by atoms with Crippen LogP contribution in [0.15, 0.2) is 11.1 Å². The average Bonchev–Trinajstić information content (AvgIpc) is 2.60. The molecule has 0 aliphatic carbocycles. The number of carbonyl (C=O) groups excluding carboxylic acids is 2. The molecule has 1 fully saturated rings. The van der Waals surface area contributed by atoms with Gasteiger partial charge >= 0.3 is 0 Å². The number of fused-ring (bicyclic) bond motifs is 2. The summed E-state index contributed by atoms with van der Waals surface area (Å²) in [5.41, 5.74) is 0.563. The van der Waals surface area contributed by atoms with Crippen LogP contribution in [0.25, 0.3) is 0 Å². The molecular formula is C8H8O5. The lowest BCUT2D eigenvalue weighted by Gasteiger charge is -2.11. The predicted octanol–water partition coefficient (Wildman–Crippen LogP) is 0.105. The van der Waals surface area contributed by atoms with Gasteiger partial charge in [-0.15, -0.1) is 0 Å². The van der Waals surface area contributed by atoms with Gasteiger partial charge in [-0.25, -0.2) is 0 Å². The Morgan fingerprint density at radius 2 is 1.38 bits per heavy atom. The lowest BCUT2D eigenvalue weighted by atomic mass is 10.0. The maximum absolute atomic E-state index is 11.1. The van der Waals surface area contributed by atoms with E-state index in [9.17, 15) is 9.59 Å². The molecule has 5 heteroatoms. The Labute approximate surface area is 74.2 Å². The molecule has 2 heterocycles. The van der Waals surface area contributed by atoms with E-state index in [-0.39, 0.29) is 22.7 Å². The van der Waals surface area contributed by atoms with Crippen molar-refractivity contribution in [2.75, 3.05) is 0 Å². The van der Waals surface area contributed by atoms with Gasteiger partial charge in [-0.05, 0) is 13.8 Å². The van der Waals surface area contributed by atoms with Gasteiger partial charge in [0.05, 0.1) is 11.1 Å². The third-order valence-corrected chi connectivity index (χ3v) is 2.00. The van der Waals surface area contributed by atoms with Gasteiger partial charge in [-0.2, -0.15) is 9.78 Å². The minimum atomic E-state index is -0.818. The first-order chi connectivity index (χ1) is 6.11. The molecule has 2 aliphatic heterocycles. The lowest BCUT2D eigenvalue weighted by molar-refractivity contribution is -0.290. The fourth-order valence-corrected chi connectivity index (χ4v) is 1.46. The molecule has 0 aromatic carbocycles. The number of ketones is 2. The van der Waals surface area contributed by atoms with E-state index in [1.165, 1.54) is 13.8 Å². The van der Waals surface area contributed by atoms with Gasteiger partial charge < -0.3 is 4.74 Å². The van der Waals surface area contributed by atoms with Crippen LogP contribution in [0, 0.1) is 0 Å². The first-order valence-electron chi connectivity index (χ1n) is 3.85. The van der Waals surface area contributed by atoms with Crippen molar-refractivity contribution in [3.8, 4) is 0 Å². The van der Waals surface area contributed by atoms with Crippen LogP contribution in [0.5, 0.6) is 0 Å². The lowest BCUT2D eigenvalue weighted by Crippen LogP contribution is -2.21. The van der Waals surface area contributed by atoms with Crippen molar-refractivity contribution in [1.82, 2.24) is 0 Å². The smallest absolute Gasteiger partial charge is 0.224 e. The zero-order valence-corrected chi connectivity index (χ0v) is 7.20. The number of hydrogen-bond acceptors (Lipinski definition) is 5. The molecule has 0 aromatic heterocycles. The van der Waals surface area contributed by atoms with Crippen molar-refractivity contribution in [2.24, 2.45) is 0 Å². The Hall–Kier alpha value is -1.04. The van der Waals surface area contributed by atoms with Crippen LogP contribution in [0.2, 0.25) is 0 Å². The van der Waals surface area contributed by atoms with Crippen LogP contribution < -0.4 is 0 Å². The summed E-state index contributed by atoms with van der Waals surface area (Å²) in [6.07, 6.45) is -1.64. The number of carbonyl (C=O) groups is 2. The Morgan fingerprint density at radius 3 is 1.69 bits per heavy atom. The van der Waals surface area contributed by atoms with E-state index in [4.69, 9.17) is 4.74 Å². The van der Waals surface area contributed by atoms with E-state index >= 15 is 0 Å². The maximum atomic E-state index is 11.1. The highest BCUT2D eigenvalue weighted by Gasteiger charge is 2.47. The predicted molar refractivity (Wildman–Crippen MR) is 39.2 cm³/mol. The van der Waals surface area contributed by atoms with Crippen molar-refractivity contribution >= 4 is 11.6 Å². The minimum Gasteiger partial charge on any atom is -0.309 e. The summed E-state index contributed by atoms with van der Waals surface area (Å²) in [4.78, 5) is 31.6. The molecule has 0 N–H and O–H groups in total. The van der Waals surface area contributed by atoms with Gasteiger partial charge in [0, 0.05) is 0 Å². The fraction of sp³-hybridized carbons (Fsp3) is 0.500. The fourth-order valence-electron chi connectivity index (χ4n) is 1.46. The minimum absolute atomic E-state index is 0.221. The van der Waals surface area contributed by atoms with Crippen LogP contribution in [0.4, 0.5) is 0 Å². The van der Waals surface area contributed by atoms with Crippen molar-refractivity contribution in [3.05, 3.63) is 11.1 Å². The molecule has 0 aromatic rings. The third kappa shape index (κ3) is 1.13. The van der Waals surface area contributed by atoms with Crippen LogP contribution in [-0.2, 0) is 24.1 Å². The summed E-state index contributed by atoms with van der Waals surface area (Å²) in [6.45, 7) is 2.73. The van der Waals surface area contributed by atoms with Crippen LogP contribution in [0.3, 0.4) is 0 Å². The Morgan fingerprint density at radius 1 is 1.00 bits per heavy atom. The van der Waals surface area contributed by atoms with E-state index in [0.717, 1.165) is 0 Å². The monoisotopic (exact) mass is 184 g/mol. The highest BCUT2D eigenvalue weighted by Crippen LogP contribution is 2.36. The highest BCUT2D eigenvalue weighted by molar-refractivity contribution is 6.06. The number of hydrogen-bond donors (Lipinski definition) is 0. The van der Waals surface area contributed by atoms with E-state index < -0.39 is 12.6 Å². The van der Waals surface area contributed by atoms with Crippen LogP contribution in [-0.4, -0.2) is 24.1 Å². The molecule has 5 nitrogen and oxygen atoms in total. The SMILES string of the molecule is CC(=O)C1=C(C(C)=O)C2OOC1O2. The summed E-state index contributed by atoms with van der Waals surface area (Å²) in [5, 5.41) is 0. The second-order valence-electron chi connectivity index (χ2n) is 2.93. The van der Waals surface area contributed by atoms with Gasteiger partial charge in [-0.1, -0.05) is 0 Å². The van der Waals surface area contributed by atoms with E-state index in [1.54, 1.807) is 0 Å². The molecule has 0 amide bonds. The summed E-state index contributed by atoms with van der Waals surface area (Å²) >= 11 is 0. The summed E-state index contributed by atoms with van der Waals surface area (Å²) < 4.78 is 5.06. The summed E-state index contributed by atoms with van der Waals surface area (Å²) in [6, 6.07) is 0. The Kier molecular flexibility index (Phi) is 1.80. The van der Waals surface area contributed by atoms with Gasteiger partial charge in [0.1, 0.15) is 0 Å². The number of Topliss-reactive ketones (excluding diaryl/α,β-unsaturated/α-hetero) is 2. The quantitative estimate of drug-likeness (QED) is 0.570. The Balaban J connectivity index is 2.46. The zero-order valence-electron chi connectivity index (χ0n) is 7.20.